The summed E-state index contributed by atoms with van der Waals surface area (Å²) in [5.74, 6) is -0.753. The summed E-state index contributed by atoms with van der Waals surface area (Å²) in [6.45, 7) is 3.83. The summed E-state index contributed by atoms with van der Waals surface area (Å²) in [7, 11) is 0. The summed E-state index contributed by atoms with van der Waals surface area (Å²) in [5, 5.41) is 3.66. The number of halogens is 1. The SMILES string of the molecule is Cc1cc(Cl)cc(C)c1C1C(=O)NC2(CCCCC2)C1=O. The number of carbonyl (C=O) groups excluding carboxylic acids is 2. The smallest absolute Gasteiger partial charge is 0.235 e. The molecular weight excluding hydrogens is 286 g/mol. The molecule has 1 atom stereocenters. The van der Waals surface area contributed by atoms with Crippen LogP contribution in [0, 0.1) is 13.8 Å². The predicted molar refractivity (Wildman–Crippen MR) is 82.6 cm³/mol. The van der Waals surface area contributed by atoms with Gasteiger partial charge in [-0.2, -0.15) is 0 Å². The molecule has 1 aliphatic carbocycles. The molecule has 3 nitrogen and oxygen atoms in total. The number of aryl methyl sites for hydroxylation is 2. The van der Waals surface area contributed by atoms with Crippen LogP contribution in [-0.4, -0.2) is 17.2 Å². The second kappa shape index (κ2) is 5.13. The zero-order chi connectivity index (χ0) is 15.2. The van der Waals surface area contributed by atoms with Crippen molar-refractivity contribution in [1.82, 2.24) is 5.32 Å². The van der Waals surface area contributed by atoms with E-state index < -0.39 is 11.5 Å². The summed E-state index contributed by atoms with van der Waals surface area (Å²) in [6.07, 6.45) is 4.72. The van der Waals surface area contributed by atoms with Gasteiger partial charge in [-0.3, -0.25) is 9.59 Å². The van der Waals surface area contributed by atoms with Crippen LogP contribution in [0.4, 0.5) is 0 Å². The summed E-state index contributed by atoms with van der Waals surface area (Å²) < 4.78 is 0. The van der Waals surface area contributed by atoms with Gasteiger partial charge in [0.15, 0.2) is 5.78 Å². The Bertz CT molecular complexity index is 594. The molecular formula is C17H20ClNO2. The topological polar surface area (TPSA) is 46.2 Å². The van der Waals surface area contributed by atoms with Crippen LogP contribution >= 0.6 is 11.6 Å². The fourth-order valence-electron chi connectivity index (χ4n) is 3.93. The van der Waals surface area contributed by atoms with Crippen LogP contribution in [0.1, 0.15) is 54.7 Å². The second-order valence-corrected chi connectivity index (χ2v) is 6.82. The van der Waals surface area contributed by atoms with Gasteiger partial charge in [0.2, 0.25) is 5.91 Å². The van der Waals surface area contributed by atoms with Crippen molar-refractivity contribution in [3.05, 3.63) is 33.8 Å². The molecule has 0 aromatic heterocycles. The minimum Gasteiger partial charge on any atom is -0.343 e. The number of benzene rings is 1. The molecule has 1 aromatic rings. The van der Waals surface area contributed by atoms with Crippen LogP contribution in [0.3, 0.4) is 0 Å². The summed E-state index contributed by atoms with van der Waals surface area (Å²) in [6, 6.07) is 3.66. The Morgan fingerprint density at radius 2 is 1.67 bits per heavy atom. The third kappa shape index (κ3) is 2.28. The van der Waals surface area contributed by atoms with Gasteiger partial charge >= 0.3 is 0 Å². The highest BCUT2D eigenvalue weighted by Gasteiger charge is 2.53. The Morgan fingerprint density at radius 1 is 1.10 bits per heavy atom. The molecule has 1 spiro atoms. The number of rotatable bonds is 1. The molecule has 112 valence electrons. The Morgan fingerprint density at radius 3 is 2.24 bits per heavy atom. The summed E-state index contributed by atoms with van der Waals surface area (Å²) in [5.41, 5.74) is 2.06. The average Bonchev–Trinajstić information content (AvgIpc) is 2.63. The van der Waals surface area contributed by atoms with Crippen molar-refractivity contribution in [3.8, 4) is 0 Å². The van der Waals surface area contributed by atoms with E-state index in [0.29, 0.717) is 5.02 Å². The first-order valence-electron chi connectivity index (χ1n) is 7.58. The summed E-state index contributed by atoms with van der Waals surface area (Å²) >= 11 is 6.06. The number of nitrogens with one attached hydrogen (secondary N) is 1. The van der Waals surface area contributed by atoms with Crippen LogP contribution in [0.5, 0.6) is 0 Å². The van der Waals surface area contributed by atoms with Crippen LogP contribution in [-0.2, 0) is 9.59 Å². The maximum atomic E-state index is 13.0. The number of ketones is 1. The van der Waals surface area contributed by atoms with E-state index in [9.17, 15) is 9.59 Å². The zero-order valence-electron chi connectivity index (χ0n) is 12.5. The first kappa shape index (κ1) is 14.6. The monoisotopic (exact) mass is 305 g/mol. The highest BCUT2D eigenvalue weighted by Crippen LogP contribution is 2.41. The van der Waals surface area contributed by atoms with Gasteiger partial charge < -0.3 is 5.32 Å². The van der Waals surface area contributed by atoms with E-state index in [1.54, 1.807) is 0 Å². The largest absolute Gasteiger partial charge is 0.343 e. The fourth-order valence-corrected chi connectivity index (χ4v) is 4.26. The third-order valence-electron chi connectivity index (χ3n) is 4.91. The van der Waals surface area contributed by atoms with Crippen LogP contribution in [0.25, 0.3) is 0 Å². The molecule has 1 amide bonds. The van der Waals surface area contributed by atoms with Gasteiger partial charge in [-0.05, 0) is 55.5 Å². The Balaban J connectivity index is 2.04. The van der Waals surface area contributed by atoms with Crippen LogP contribution < -0.4 is 5.32 Å². The van der Waals surface area contributed by atoms with Gasteiger partial charge in [-0.1, -0.05) is 30.9 Å². The summed E-state index contributed by atoms with van der Waals surface area (Å²) in [4.78, 5) is 25.4. The van der Waals surface area contributed by atoms with E-state index in [4.69, 9.17) is 11.6 Å². The van der Waals surface area contributed by atoms with E-state index in [0.717, 1.165) is 48.8 Å². The van der Waals surface area contributed by atoms with Crippen LogP contribution in [0.15, 0.2) is 12.1 Å². The van der Waals surface area contributed by atoms with Crippen molar-refractivity contribution in [2.45, 2.75) is 57.4 Å². The number of hydrogen-bond acceptors (Lipinski definition) is 2. The normalized spacial score (nSPS) is 24.4. The lowest BCUT2D eigenvalue weighted by Gasteiger charge is -2.31. The maximum Gasteiger partial charge on any atom is 0.235 e. The molecule has 0 radical (unpaired) electrons. The lowest BCUT2D eigenvalue weighted by atomic mass is 9.76. The number of hydrogen-bond donors (Lipinski definition) is 1. The van der Waals surface area contributed by atoms with E-state index in [-0.39, 0.29) is 11.7 Å². The standard InChI is InChI=1S/C17H20ClNO2/c1-10-8-12(18)9-11(2)13(10)14-15(20)17(19-16(14)21)6-4-3-5-7-17/h8-9,14H,3-7H2,1-2H3,(H,19,21). The molecule has 1 unspecified atom stereocenters. The third-order valence-corrected chi connectivity index (χ3v) is 5.13. The molecule has 1 saturated heterocycles. The molecule has 1 aromatic carbocycles. The molecule has 1 aliphatic heterocycles. The van der Waals surface area contributed by atoms with E-state index in [1.165, 1.54) is 0 Å². The lowest BCUT2D eigenvalue weighted by Crippen LogP contribution is -2.47. The van der Waals surface area contributed by atoms with Gasteiger partial charge in [0.1, 0.15) is 5.92 Å². The van der Waals surface area contributed by atoms with E-state index in [2.05, 4.69) is 5.32 Å². The lowest BCUT2D eigenvalue weighted by molar-refractivity contribution is -0.125. The van der Waals surface area contributed by atoms with Gasteiger partial charge in [0, 0.05) is 5.02 Å². The quantitative estimate of drug-likeness (QED) is 0.808. The molecule has 1 saturated carbocycles. The Labute approximate surface area is 130 Å². The van der Waals surface area contributed by atoms with Crippen molar-refractivity contribution in [2.75, 3.05) is 0 Å². The number of amides is 1. The second-order valence-electron chi connectivity index (χ2n) is 6.38. The molecule has 2 fully saturated rings. The Kier molecular flexibility index (Phi) is 3.56. The molecule has 1 heterocycles. The fraction of sp³-hybridized carbons (Fsp3) is 0.529. The predicted octanol–water partition coefficient (Wildman–Crippen LogP) is 3.44. The van der Waals surface area contributed by atoms with Gasteiger partial charge in [-0.25, -0.2) is 0 Å². The van der Waals surface area contributed by atoms with Crippen LogP contribution in [0.2, 0.25) is 5.02 Å². The average molecular weight is 306 g/mol. The van der Waals surface area contributed by atoms with Gasteiger partial charge in [0.05, 0.1) is 5.54 Å². The van der Waals surface area contributed by atoms with E-state index in [1.807, 2.05) is 26.0 Å². The first-order chi connectivity index (χ1) is 9.94. The minimum absolute atomic E-state index is 0.0562. The van der Waals surface area contributed by atoms with Crippen molar-refractivity contribution < 1.29 is 9.59 Å². The highest BCUT2D eigenvalue weighted by atomic mass is 35.5. The molecule has 0 bridgehead atoms. The van der Waals surface area contributed by atoms with Crippen molar-refractivity contribution in [2.24, 2.45) is 0 Å². The number of Topliss-reactive ketones (excluding diaryl/α,β-unsaturated/α-hetero) is 1. The molecule has 2 aliphatic rings. The van der Waals surface area contributed by atoms with E-state index >= 15 is 0 Å². The molecule has 3 rings (SSSR count). The van der Waals surface area contributed by atoms with Crippen molar-refractivity contribution >= 4 is 23.3 Å². The highest BCUT2D eigenvalue weighted by molar-refractivity contribution is 6.30. The van der Waals surface area contributed by atoms with Crippen molar-refractivity contribution in [3.63, 3.8) is 0 Å². The zero-order valence-corrected chi connectivity index (χ0v) is 13.2. The first-order valence-corrected chi connectivity index (χ1v) is 7.95. The molecule has 21 heavy (non-hydrogen) atoms. The maximum absolute atomic E-state index is 13.0. The van der Waals surface area contributed by atoms with Crippen molar-refractivity contribution in [1.29, 1.82) is 0 Å². The molecule has 1 N–H and O–H groups in total. The minimum atomic E-state index is -0.666. The van der Waals surface area contributed by atoms with Gasteiger partial charge in [-0.15, -0.1) is 0 Å². The number of carbonyl (C=O) groups is 2. The van der Waals surface area contributed by atoms with Gasteiger partial charge in [0.25, 0.3) is 0 Å². The molecule has 4 heteroatoms. The Hall–Kier alpha value is -1.35.